The van der Waals surface area contributed by atoms with Crippen LogP contribution in [0, 0.1) is 5.92 Å². The van der Waals surface area contributed by atoms with Crippen LogP contribution in [-0.4, -0.2) is 96.9 Å². The van der Waals surface area contributed by atoms with Crippen LogP contribution in [-0.2, 0) is 41.6 Å². The van der Waals surface area contributed by atoms with Crippen LogP contribution >= 0.6 is 0 Å². The van der Waals surface area contributed by atoms with Crippen LogP contribution in [0.15, 0.2) is 65.7 Å². The summed E-state index contributed by atoms with van der Waals surface area (Å²) >= 11 is 0. The first-order valence-electron chi connectivity index (χ1n) is 17.8. The summed E-state index contributed by atoms with van der Waals surface area (Å²) in [6.07, 6.45) is 3.64. The van der Waals surface area contributed by atoms with Gasteiger partial charge in [0.15, 0.2) is 5.96 Å². The zero-order valence-electron chi connectivity index (χ0n) is 29.8. The van der Waals surface area contributed by atoms with E-state index in [2.05, 4.69) is 20.9 Å². The van der Waals surface area contributed by atoms with E-state index >= 15 is 0 Å². The molecule has 2 aliphatic rings. The van der Waals surface area contributed by atoms with Gasteiger partial charge in [-0.25, -0.2) is 0 Å². The highest BCUT2D eigenvalue weighted by Crippen LogP contribution is 2.33. The van der Waals surface area contributed by atoms with Crippen LogP contribution in [0.5, 0.6) is 0 Å². The van der Waals surface area contributed by atoms with E-state index in [1.165, 1.54) is 7.11 Å². The summed E-state index contributed by atoms with van der Waals surface area (Å²) in [5, 5.41) is 8.59. The van der Waals surface area contributed by atoms with Crippen molar-refractivity contribution >= 4 is 35.6 Å². The topological polar surface area (TPSA) is 250 Å². The molecule has 0 bridgehead atoms. The fourth-order valence-electron chi connectivity index (χ4n) is 6.28. The fourth-order valence-corrected chi connectivity index (χ4v) is 6.28. The molecule has 0 unspecified atom stereocenters. The standard InChI is InChI=1S/C37H53N9O6/c1-52-35(51)37(41)16-19-46(20-17-37)34(50)28(13-8-18-42-36(39)40)43-32(48)30(23-26-14-15-26)45-33(49)29(22-25-11-6-3-7-12-25)44-31(47)27(38)21-24-9-4-2-5-10-24/h2-7,9-12,26-30H,8,13-23,38,41H2,1H3,(H,43,48)(H,44,47)(H,45,49)(H4,39,40,42)/t27-,28-,29-,30-/m1/s1. The van der Waals surface area contributed by atoms with E-state index in [-0.39, 0.29) is 69.5 Å². The Balaban J connectivity index is 1.48. The van der Waals surface area contributed by atoms with Crippen LogP contribution in [0.3, 0.4) is 0 Å². The quantitative estimate of drug-likeness (QED) is 0.0454. The van der Waals surface area contributed by atoms with Crippen LogP contribution in [0.2, 0.25) is 0 Å². The third-order valence-corrected chi connectivity index (χ3v) is 9.57. The van der Waals surface area contributed by atoms with E-state index in [1.807, 2.05) is 60.7 Å². The molecule has 4 rings (SSSR count). The Labute approximate surface area is 304 Å². The number of guanidine groups is 1. The molecule has 1 aliphatic heterocycles. The zero-order valence-corrected chi connectivity index (χ0v) is 29.8. The monoisotopic (exact) mass is 719 g/mol. The predicted molar refractivity (Wildman–Crippen MR) is 196 cm³/mol. The van der Waals surface area contributed by atoms with Crippen molar-refractivity contribution in [2.75, 3.05) is 26.7 Å². The lowest BCUT2D eigenvalue weighted by Gasteiger charge is -2.38. The molecule has 0 spiro atoms. The van der Waals surface area contributed by atoms with E-state index in [4.69, 9.17) is 27.7 Å². The maximum absolute atomic E-state index is 14.0. The molecule has 2 aromatic rings. The molecule has 0 radical (unpaired) electrons. The molecule has 52 heavy (non-hydrogen) atoms. The van der Waals surface area contributed by atoms with Gasteiger partial charge in [-0.1, -0.05) is 73.5 Å². The summed E-state index contributed by atoms with van der Waals surface area (Å²) in [6.45, 7) is 0.631. The second-order valence-electron chi connectivity index (χ2n) is 13.8. The Morgan fingerprint density at radius 3 is 1.92 bits per heavy atom. The normalized spacial score (nSPS) is 17.4. The molecule has 1 saturated carbocycles. The predicted octanol–water partition coefficient (Wildman–Crippen LogP) is -0.400. The highest BCUT2D eigenvalue weighted by atomic mass is 16.5. The van der Waals surface area contributed by atoms with E-state index in [1.54, 1.807) is 4.90 Å². The van der Waals surface area contributed by atoms with Gasteiger partial charge in [0.25, 0.3) is 0 Å². The molecule has 4 amide bonds. The number of hydrogen-bond donors (Lipinski definition) is 7. The third-order valence-electron chi connectivity index (χ3n) is 9.57. The Morgan fingerprint density at radius 2 is 1.37 bits per heavy atom. The lowest BCUT2D eigenvalue weighted by Crippen LogP contribution is -2.61. The molecule has 1 aliphatic carbocycles. The lowest BCUT2D eigenvalue weighted by molar-refractivity contribution is -0.151. The maximum Gasteiger partial charge on any atom is 0.325 e. The number of hydrogen-bond acceptors (Lipinski definition) is 9. The minimum Gasteiger partial charge on any atom is -0.468 e. The van der Waals surface area contributed by atoms with Crippen molar-refractivity contribution in [1.82, 2.24) is 20.9 Å². The van der Waals surface area contributed by atoms with E-state index in [0.717, 1.165) is 24.0 Å². The number of nitrogens with one attached hydrogen (secondary N) is 3. The molecule has 15 nitrogen and oxygen atoms in total. The highest BCUT2D eigenvalue weighted by Gasteiger charge is 2.41. The molecule has 4 atom stereocenters. The number of carbonyl (C=O) groups is 5. The molecule has 0 aromatic heterocycles. The Morgan fingerprint density at radius 1 is 0.827 bits per heavy atom. The van der Waals surface area contributed by atoms with Gasteiger partial charge in [-0.3, -0.25) is 29.0 Å². The number of likely N-dealkylation sites (tertiary alicyclic amines) is 1. The van der Waals surface area contributed by atoms with Gasteiger partial charge in [0.2, 0.25) is 23.6 Å². The van der Waals surface area contributed by atoms with Gasteiger partial charge in [-0.05, 0) is 55.6 Å². The number of esters is 1. The minimum atomic E-state index is -1.20. The summed E-state index contributed by atoms with van der Waals surface area (Å²) in [5.74, 6) is -2.31. The van der Waals surface area contributed by atoms with Crippen LogP contribution in [0.4, 0.5) is 0 Å². The highest BCUT2D eigenvalue weighted by molar-refractivity contribution is 5.95. The van der Waals surface area contributed by atoms with Gasteiger partial charge in [0.05, 0.1) is 13.2 Å². The average molecular weight is 720 g/mol. The molecular formula is C37H53N9O6. The van der Waals surface area contributed by atoms with Crippen molar-refractivity contribution in [3.63, 3.8) is 0 Å². The van der Waals surface area contributed by atoms with Gasteiger partial charge in [-0.2, -0.15) is 0 Å². The number of nitrogens with zero attached hydrogens (tertiary/aromatic N) is 2. The second-order valence-corrected chi connectivity index (χ2v) is 13.8. The van der Waals surface area contributed by atoms with Crippen molar-refractivity contribution < 1.29 is 28.7 Å². The van der Waals surface area contributed by atoms with Gasteiger partial charge >= 0.3 is 5.97 Å². The zero-order chi connectivity index (χ0) is 37.7. The molecule has 1 heterocycles. The second kappa shape index (κ2) is 19.0. The molecule has 1 saturated heterocycles. The van der Waals surface area contributed by atoms with Crippen LogP contribution in [0.25, 0.3) is 0 Å². The number of nitrogens with two attached hydrogens (primary N) is 4. The fraction of sp³-hybridized carbons (Fsp3) is 0.514. The SMILES string of the molecule is COC(=O)C1(N)CCN(C(=O)[C@@H](CCCN=C(N)N)NC(=O)[C@@H](CC2CC2)NC(=O)[C@@H](Cc2ccccc2)NC(=O)[C@H](N)Cc2ccccc2)CC1. The minimum absolute atomic E-state index is 0.0876. The van der Waals surface area contributed by atoms with Crippen molar-refractivity contribution in [3.8, 4) is 0 Å². The van der Waals surface area contributed by atoms with E-state index in [0.29, 0.717) is 12.8 Å². The summed E-state index contributed by atoms with van der Waals surface area (Å²) in [7, 11) is 1.27. The number of amides is 4. The van der Waals surface area contributed by atoms with Crippen molar-refractivity contribution in [2.45, 2.75) is 87.5 Å². The van der Waals surface area contributed by atoms with Gasteiger partial charge in [0.1, 0.15) is 23.7 Å². The summed E-state index contributed by atoms with van der Waals surface area (Å²) < 4.78 is 4.85. The first kappa shape index (κ1) is 39.8. The van der Waals surface area contributed by atoms with E-state index < -0.39 is 53.4 Å². The lowest BCUT2D eigenvalue weighted by atomic mass is 9.88. The maximum atomic E-state index is 14.0. The Bertz CT molecular complexity index is 1540. The Hall–Kier alpha value is -5.02. The van der Waals surface area contributed by atoms with Crippen molar-refractivity contribution in [1.29, 1.82) is 0 Å². The molecule has 2 aromatic carbocycles. The van der Waals surface area contributed by atoms with Crippen LogP contribution in [0.1, 0.15) is 56.1 Å². The smallest absolute Gasteiger partial charge is 0.325 e. The summed E-state index contributed by atoms with van der Waals surface area (Å²) in [4.78, 5) is 72.9. The molecule has 2 fully saturated rings. The van der Waals surface area contributed by atoms with Gasteiger partial charge in [0, 0.05) is 26.1 Å². The summed E-state index contributed by atoms with van der Waals surface area (Å²) in [6, 6.07) is 14.7. The van der Waals surface area contributed by atoms with E-state index in [9.17, 15) is 24.0 Å². The number of methoxy groups -OCH3 is 1. The Kier molecular flexibility index (Phi) is 14.5. The number of rotatable bonds is 18. The number of piperidine rings is 1. The first-order valence-corrected chi connectivity index (χ1v) is 17.8. The number of ether oxygens (including phenoxy) is 1. The van der Waals surface area contributed by atoms with Crippen molar-refractivity contribution in [3.05, 3.63) is 71.8 Å². The molecular weight excluding hydrogens is 666 g/mol. The number of benzene rings is 2. The molecule has 282 valence electrons. The number of carbonyl (C=O) groups excluding carboxylic acids is 5. The van der Waals surface area contributed by atoms with Crippen molar-refractivity contribution in [2.24, 2.45) is 33.8 Å². The summed E-state index contributed by atoms with van der Waals surface area (Å²) in [5.41, 5.74) is 24.0. The van der Waals surface area contributed by atoms with Gasteiger partial charge < -0.3 is 48.5 Å². The average Bonchev–Trinajstić information content (AvgIpc) is 3.96. The first-order chi connectivity index (χ1) is 24.9. The number of aliphatic imine (C=N–C) groups is 1. The molecule has 15 heteroatoms. The largest absolute Gasteiger partial charge is 0.468 e. The van der Waals surface area contributed by atoms with Crippen LogP contribution < -0.4 is 38.9 Å². The van der Waals surface area contributed by atoms with Gasteiger partial charge in [-0.15, -0.1) is 0 Å². The molecule has 11 N–H and O–H groups in total. The third kappa shape index (κ3) is 12.0.